The molecule has 0 aromatic heterocycles. The molecular weight excluding hydrogens is 490 g/mol. The molecule has 0 amide bonds. The van der Waals surface area contributed by atoms with Gasteiger partial charge in [0.2, 0.25) is 5.75 Å². The van der Waals surface area contributed by atoms with Gasteiger partial charge in [0, 0.05) is 17.7 Å². The molecule has 3 rings (SSSR count). The van der Waals surface area contributed by atoms with E-state index in [1.54, 1.807) is 30.4 Å². The summed E-state index contributed by atoms with van der Waals surface area (Å²) in [5, 5.41) is 21.7. The van der Waals surface area contributed by atoms with Gasteiger partial charge in [-0.2, -0.15) is 0 Å². The summed E-state index contributed by atoms with van der Waals surface area (Å²) in [4.78, 5) is 10.2. The molecule has 0 bridgehead atoms. The van der Waals surface area contributed by atoms with Crippen LogP contribution in [0.25, 0.3) is 12.2 Å². The highest BCUT2D eigenvalue weighted by molar-refractivity contribution is 7.90. The number of rotatable bonds is 10. The number of aromatic hydroxyl groups is 1. The zero-order valence-electron chi connectivity index (χ0n) is 20.0. The minimum absolute atomic E-state index is 0.105. The van der Waals surface area contributed by atoms with Crippen molar-refractivity contribution in [1.29, 1.82) is 0 Å². The van der Waals surface area contributed by atoms with Crippen molar-refractivity contribution in [2.45, 2.75) is 10.6 Å². The Morgan fingerprint density at radius 3 is 1.94 bits per heavy atom. The number of phenolic OH excluding ortho intramolecular Hbond substituents is 1. The van der Waals surface area contributed by atoms with Gasteiger partial charge in [0.1, 0.15) is 0 Å². The Balaban J connectivity index is 2.04. The Hall–Kier alpha value is -4.25. The molecule has 0 unspecified atom stereocenters. The van der Waals surface area contributed by atoms with E-state index < -0.39 is 20.5 Å². The highest BCUT2D eigenvalue weighted by Gasteiger charge is 2.22. The molecule has 0 atom stereocenters. The van der Waals surface area contributed by atoms with E-state index in [-0.39, 0.29) is 27.6 Å². The minimum Gasteiger partial charge on any atom is -0.504 e. The number of phenols is 1. The van der Waals surface area contributed by atoms with Gasteiger partial charge in [0.15, 0.2) is 32.8 Å². The standard InChI is InChI=1S/C25H25NO9S/c1-32-21-12-7-17(6-5-16-13-22(33-2)25(35-4)23(14-16)34-3)20(24(21)27)15-36(30,31)19-10-8-18(9-11-19)26(28)29/h5-14,27H,15H2,1-4H3/b6-5-. The second-order valence-electron chi connectivity index (χ2n) is 7.49. The van der Waals surface area contributed by atoms with Crippen LogP contribution < -0.4 is 18.9 Å². The van der Waals surface area contributed by atoms with E-state index in [4.69, 9.17) is 18.9 Å². The third-order valence-corrected chi connectivity index (χ3v) is 7.04. The maximum atomic E-state index is 13.1. The van der Waals surface area contributed by atoms with E-state index in [1.807, 2.05) is 0 Å². The first-order chi connectivity index (χ1) is 17.1. The maximum absolute atomic E-state index is 13.1. The number of nitro groups is 1. The quantitative estimate of drug-likeness (QED) is 0.236. The number of benzene rings is 3. The van der Waals surface area contributed by atoms with Crippen molar-refractivity contribution in [2.75, 3.05) is 28.4 Å². The number of sulfone groups is 1. The van der Waals surface area contributed by atoms with Crippen LogP contribution in [-0.2, 0) is 15.6 Å². The Labute approximate surface area is 208 Å². The number of hydrogen-bond donors (Lipinski definition) is 1. The van der Waals surface area contributed by atoms with Crippen molar-refractivity contribution < 1.29 is 37.4 Å². The fourth-order valence-corrected chi connectivity index (χ4v) is 4.94. The predicted molar refractivity (Wildman–Crippen MR) is 134 cm³/mol. The zero-order chi connectivity index (χ0) is 26.5. The first-order valence-electron chi connectivity index (χ1n) is 10.5. The maximum Gasteiger partial charge on any atom is 0.269 e. The zero-order valence-corrected chi connectivity index (χ0v) is 20.9. The summed E-state index contributed by atoms with van der Waals surface area (Å²) in [6.07, 6.45) is 3.34. The van der Waals surface area contributed by atoms with Gasteiger partial charge >= 0.3 is 0 Å². The molecular formula is C25H25NO9S. The van der Waals surface area contributed by atoms with Gasteiger partial charge in [-0.15, -0.1) is 0 Å². The topological polar surface area (TPSA) is 134 Å². The second kappa shape index (κ2) is 11.0. The van der Waals surface area contributed by atoms with Crippen LogP contribution in [-0.4, -0.2) is 46.9 Å². The molecule has 0 radical (unpaired) electrons. The number of non-ortho nitro benzene ring substituents is 1. The molecule has 11 heteroatoms. The molecule has 0 aliphatic heterocycles. The van der Waals surface area contributed by atoms with Crippen LogP contribution in [0.2, 0.25) is 0 Å². The van der Waals surface area contributed by atoms with Crippen molar-refractivity contribution in [3.8, 4) is 28.7 Å². The Morgan fingerprint density at radius 2 is 1.44 bits per heavy atom. The number of ether oxygens (including phenoxy) is 4. The minimum atomic E-state index is -3.97. The van der Waals surface area contributed by atoms with E-state index in [1.165, 1.54) is 34.5 Å². The van der Waals surface area contributed by atoms with Crippen LogP contribution in [0.3, 0.4) is 0 Å². The van der Waals surface area contributed by atoms with Crippen molar-refractivity contribution in [2.24, 2.45) is 0 Å². The largest absolute Gasteiger partial charge is 0.504 e. The molecule has 0 aliphatic rings. The van der Waals surface area contributed by atoms with E-state index in [2.05, 4.69) is 0 Å². The normalized spacial score (nSPS) is 11.3. The lowest BCUT2D eigenvalue weighted by Crippen LogP contribution is -2.07. The number of hydrogen-bond acceptors (Lipinski definition) is 9. The number of nitro benzene ring substituents is 1. The van der Waals surface area contributed by atoms with Gasteiger partial charge in [-0.3, -0.25) is 10.1 Å². The van der Waals surface area contributed by atoms with Crippen LogP contribution >= 0.6 is 0 Å². The van der Waals surface area contributed by atoms with Crippen LogP contribution in [0, 0.1) is 10.1 Å². The lowest BCUT2D eigenvalue weighted by molar-refractivity contribution is -0.384. The van der Waals surface area contributed by atoms with Crippen molar-refractivity contribution in [1.82, 2.24) is 0 Å². The highest BCUT2D eigenvalue weighted by atomic mass is 32.2. The van der Waals surface area contributed by atoms with Gasteiger partial charge in [-0.05, 0) is 41.5 Å². The molecule has 0 aliphatic carbocycles. The second-order valence-corrected chi connectivity index (χ2v) is 9.48. The molecule has 0 spiro atoms. The lowest BCUT2D eigenvalue weighted by Gasteiger charge is -2.14. The first kappa shape index (κ1) is 26.4. The third kappa shape index (κ3) is 5.52. The SMILES string of the molecule is COc1ccc(/C=C\c2cc(OC)c(OC)c(OC)c2)c(CS(=O)(=O)c2ccc([N+](=O)[O-])cc2)c1O. The van der Waals surface area contributed by atoms with Gasteiger partial charge in [0.25, 0.3) is 5.69 Å². The van der Waals surface area contributed by atoms with Crippen LogP contribution in [0.4, 0.5) is 5.69 Å². The summed E-state index contributed by atoms with van der Waals surface area (Å²) in [6, 6.07) is 11.1. The Bertz CT molecular complexity index is 1370. The summed E-state index contributed by atoms with van der Waals surface area (Å²) >= 11 is 0. The van der Waals surface area contributed by atoms with Crippen LogP contribution in [0.5, 0.6) is 28.7 Å². The molecule has 1 N–H and O–H groups in total. The van der Waals surface area contributed by atoms with E-state index >= 15 is 0 Å². The third-order valence-electron chi connectivity index (χ3n) is 5.39. The fourth-order valence-electron chi connectivity index (χ4n) is 3.54. The van der Waals surface area contributed by atoms with Gasteiger partial charge in [0.05, 0.1) is 44.0 Å². The molecule has 3 aromatic rings. The molecule has 0 fully saturated rings. The molecule has 3 aromatic carbocycles. The molecule has 0 heterocycles. The molecule has 36 heavy (non-hydrogen) atoms. The van der Waals surface area contributed by atoms with E-state index in [9.17, 15) is 23.6 Å². The summed E-state index contributed by atoms with van der Waals surface area (Å²) in [5.74, 6) is 0.519. The Morgan fingerprint density at radius 1 is 0.861 bits per heavy atom. The van der Waals surface area contributed by atoms with Crippen LogP contribution in [0.15, 0.2) is 53.4 Å². The predicted octanol–water partition coefficient (Wildman–Crippen LogP) is 4.48. The molecule has 0 saturated heterocycles. The van der Waals surface area contributed by atoms with Crippen molar-refractivity contribution >= 4 is 27.7 Å². The summed E-state index contributed by atoms with van der Waals surface area (Å²) < 4.78 is 47.4. The highest BCUT2D eigenvalue weighted by Crippen LogP contribution is 2.39. The molecule has 190 valence electrons. The Kier molecular flexibility index (Phi) is 8.05. The first-order valence-corrected chi connectivity index (χ1v) is 12.1. The van der Waals surface area contributed by atoms with Gasteiger partial charge < -0.3 is 24.1 Å². The average Bonchev–Trinajstić information content (AvgIpc) is 2.88. The smallest absolute Gasteiger partial charge is 0.269 e. The summed E-state index contributed by atoms with van der Waals surface area (Å²) in [6.45, 7) is 0. The molecule has 10 nitrogen and oxygen atoms in total. The van der Waals surface area contributed by atoms with Gasteiger partial charge in [-0.1, -0.05) is 18.2 Å². The van der Waals surface area contributed by atoms with E-state index in [0.29, 0.717) is 28.4 Å². The van der Waals surface area contributed by atoms with E-state index in [0.717, 1.165) is 24.3 Å². The number of methoxy groups -OCH3 is 4. The monoisotopic (exact) mass is 515 g/mol. The summed E-state index contributed by atoms with van der Waals surface area (Å²) in [7, 11) is 1.87. The fraction of sp³-hybridized carbons (Fsp3) is 0.200. The molecule has 0 saturated carbocycles. The van der Waals surface area contributed by atoms with Crippen LogP contribution in [0.1, 0.15) is 16.7 Å². The number of nitrogens with zero attached hydrogens (tertiary/aromatic N) is 1. The average molecular weight is 516 g/mol. The van der Waals surface area contributed by atoms with Gasteiger partial charge in [-0.25, -0.2) is 8.42 Å². The van der Waals surface area contributed by atoms with Crippen molar-refractivity contribution in [3.63, 3.8) is 0 Å². The lowest BCUT2D eigenvalue weighted by atomic mass is 10.0. The van der Waals surface area contributed by atoms with Crippen molar-refractivity contribution in [3.05, 3.63) is 75.3 Å². The summed E-state index contributed by atoms with van der Waals surface area (Å²) in [5.41, 5.74) is 0.972.